The molecule has 0 saturated carbocycles. The number of thiophene rings is 1. The van der Waals surface area contributed by atoms with Gasteiger partial charge in [-0.1, -0.05) is 12.5 Å². The van der Waals surface area contributed by atoms with E-state index in [0.29, 0.717) is 30.7 Å². The molecule has 0 spiro atoms. The van der Waals surface area contributed by atoms with E-state index in [1.54, 1.807) is 6.08 Å². The number of hydrogen-bond donors (Lipinski definition) is 2. The molecule has 9 heteroatoms. The first kappa shape index (κ1) is 19.2. The number of nitrogens with zero attached hydrogens (tertiary/aromatic N) is 1. The van der Waals surface area contributed by atoms with E-state index in [4.69, 9.17) is 5.11 Å². The van der Waals surface area contributed by atoms with E-state index in [0.717, 1.165) is 21.5 Å². The van der Waals surface area contributed by atoms with Crippen molar-refractivity contribution in [3.8, 4) is 0 Å². The van der Waals surface area contributed by atoms with Crippen molar-refractivity contribution >= 4 is 52.2 Å². The van der Waals surface area contributed by atoms with Crippen LogP contribution in [0.15, 0.2) is 22.4 Å². The molecule has 1 fully saturated rings. The van der Waals surface area contributed by atoms with Crippen molar-refractivity contribution in [3.05, 3.63) is 27.3 Å². The molecular weight excluding hydrogens is 364 g/mol. The predicted molar refractivity (Wildman–Crippen MR) is 96.1 cm³/mol. The highest BCUT2D eigenvalue weighted by molar-refractivity contribution is 8.18. The van der Waals surface area contributed by atoms with Crippen molar-refractivity contribution in [1.82, 2.24) is 10.2 Å². The van der Waals surface area contributed by atoms with E-state index in [-0.39, 0.29) is 13.0 Å². The maximum absolute atomic E-state index is 12.2. The first-order valence-corrected chi connectivity index (χ1v) is 9.44. The van der Waals surface area contributed by atoms with Gasteiger partial charge in [0.25, 0.3) is 11.1 Å². The molecule has 1 aromatic heterocycles. The van der Waals surface area contributed by atoms with Crippen LogP contribution < -0.4 is 5.32 Å². The molecule has 134 valence electrons. The van der Waals surface area contributed by atoms with Gasteiger partial charge in [-0.05, 0) is 42.1 Å². The van der Waals surface area contributed by atoms with E-state index in [2.05, 4.69) is 5.32 Å². The van der Waals surface area contributed by atoms with Gasteiger partial charge in [-0.2, -0.15) is 0 Å². The van der Waals surface area contributed by atoms with Gasteiger partial charge in [-0.15, -0.1) is 11.3 Å². The van der Waals surface area contributed by atoms with Gasteiger partial charge in [0.05, 0.1) is 4.91 Å². The van der Waals surface area contributed by atoms with Gasteiger partial charge >= 0.3 is 5.97 Å². The second-order valence-electron chi connectivity index (χ2n) is 5.34. The molecule has 0 aromatic carbocycles. The Morgan fingerprint density at radius 2 is 2.04 bits per heavy atom. The molecular formula is C16H18N2O5S2. The molecule has 25 heavy (non-hydrogen) atoms. The Morgan fingerprint density at radius 3 is 2.72 bits per heavy atom. The number of nitrogens with one attached hydrogen (secondary N) is 1. The molecule has 0 atom stereocenters. The fraction of sp³-hybridized carbons (Fsp3) is 0.375. The molecule has 1 aliphatic heterocycles. The summed E-state index contributed by atoms with van der Waals surface area (Å²) in [4.78, 5) is 48.5. The van der Waals surface area contributed by atoms with Crippen molar-refractivity contribution in [1.29, 1.82) is 0 Å². The average Bonchev–Trinajstić information content (AvgIpc) is 3.15. The number of carbonyl (C=O) groups is 4. The topological polar surface area (TPSA) is 104 Å². The van der Waals surface area contributed by atoms with Crippen LogP contribution in [0.5, 0.6) is 0 Å². The minimum atomic E-state index is -0.834. The first-order chi connectivity index (χ1) is 12.0. The third-order valence-electron chi connectivity index (χ3n) is 3.38. The highest BCUT2D eigenvalue weighted by Gasteiger charge is 2.36. The molecule has 2 N–H and O–H groups in total. The lowest BCUT2D eigenvalue weighted by Crippen LogP contribution is -2.39. The fourth-order valence-corrected chi connectivity index (χ4v) is 3.71. The molecule has 0 aliphatic carbocycles. The smallest absolute Gasteiger partial charge is 0.303 e. The van der Waals surface area contributed by atoms with Crippen LogP contribution in [0.4, 0.5) is 4.79 Å². The number of carboxylic acids is 1. The zero-order valence-electron chi connectivity index (χ0n) is 13.4. The Balaban J connectivity index is 1.76. The number of thioether (sulfide) groups is 1. The van der Waals surface area contributed by atoms with Crippen LogP contribution in [0.2, 0.25) is 0 Å². The maximum atomic E-state index is 12.2. The second-order valence-corrected chi connectivity index (χ2v) is 7.31. The van der Waals surface area contributed by atoms with E-state index in [9.17, 15) is 19.2 Å². The standard InChI is InChI=1S/C16H18N2O5S2/c19-13(17-7-3-1-2-6-14(20)21)10-18-15(22)12(25-16(18)23)9-11-5-4-8-24-11/h4-5,8-9H,1-3,6-7,10H2,(H,17,19)(H,20,21)/b12-9-. The number of imide groups is 1. The number of carbonyl (C=O) groups excluding carboxylic acids is 3. The fourth-order valence-electron chi connectivity index (χ4n) is 2.14. The van der Waals surface area contributed by atoms with Gasteiger partial charge in [0.15, 0.2) is 0 Å². The van der Waals surface area contributed by atoms with Crippen LogP contribution in [-0.4, -0.2) is 46.1 Å². The van der Waals surface area contributed by atoms with Crippen molar-refractivity contribution in [3.63, 3.8) is 0 Å². The number of carboxylic acid groups (broad SMARTS) is 1. The molecule has 1 saturated heterocycles. The summed E-state index contributed by atoms with van der Waals surface area (Å²) in [5, 5.41) is 12.6. The van der Waals surface area contributed by atoms with E-state index < -0.39 is 23.0 Å². The molecule has 1 aliphatic rings. The number of unbranched alkanes of at least 4 members (excludes halogenated alkanes) is 2. The largest absolute Gasteiger partial charge is 0.481 e. The van der Waals surface area contributed by atoms with Crippen LogP contribution in [0.3, 0.4) is 0 Å². The van der Waals surface area contributed by atoms with Crippen molar-refractivity contribution in [2.75, 3.05) is 13.1 Å². The Labute approximate surface area is 153 Å². The van der Waals surface area contributed by atoms with Crippen molar-refractivity contribution < 1.29 is 24.3 Å². The molecule has 2 rings (SSSR count). The molecule has 0 radical (unpaired) electrons. The molecule has 3 amide bonds. The summed E-state index contributed by atoms with van der Waals surface area (Å²) >= 11 is 2.29. The molecule has 2 heterocycles. The molecule has 1 aromatic rings. The quantitative estimate of drug-likeness (QED) is 0.502. The number of hydrogen-bond acceptors (Lipinski definition) is 6. The number of aliphatic carboxylic acids is 1. The lowest BCUT2D eigenvalue weighted by Gasteiger charge is -2.12. The summed E-state index contributed by atoms with van der Waals surface area (Å²) < 4.78 is 0. The first-order valence-electron chi connectivity index (χ1n) is 7.74. The van der Waals surface area contributed by atoms with Gasteiger partial charge in [0, 0.05) is 17.8 Å². The Morgan fingerprint density at radius 1 is 1.24 bits per heavy atom. The third-order valence-corrected chi connectivity index (χ3v) is 5.11. The summed E-state index contributed by atoms with van der Waals surface area (Å²) in [5.41, 5.74) is 0. The highest BCUT2D eigenvalue weighted by atomic mass is 32.2. The Hall–Kier alpha value is -2.13. The second kappa shape index (κ2) is 9.38. The number of rotatable bonds is 9. The SMILES string of the molecule is O=C(O)CCCCCNC(=O)CN1C(=O)S/C(=C\c2cccs2)C1=O. The normalized spacial score (nSPS) is 15.8. The van der Waals surface area contributed by atoms with Gasteiger partial charge in [0.1, 0.15) is 6.54 Å². The zero-order valence-corrected chi connectivity index (χ0v) is 15.0. The highest BCUT2D eigenvalue weighted by Crippen LogP contribution is 2.32. The van der Waals surface area contributed by atoms with Crippen LogP contribution in [0.25, 0.3) is 6.08 Å². The van der Waals surface area contributed by atoms with E-state index in [1.165, 1.54) is 11.3 Å². The summed E-state index contributed by atoms with van der Waals surface area (Å²) in [6.45, 7) is 0.0846. The van der Waals surface area contributed by atoms with E-state index in [1.807, 2.05) is 17.5 Å². The van der Waals surface area contributed by atoms with Crippen LogP contribution in [0.1, 0.15) is 30.6 Å². The Bertz CT molecular complexity index is 685. The Kier molecular flexibility index (Phi) is 7.20. The van der Waals surface area contributed by atoms with Crippen LogP contribution in [-0.2, 0) is 14.4 Å². The molecule has 7 nitrogen and oxygen atoms in total. The van der Waals surface area contributed by atoms with Crippen LogP contribution in [0, 0.1) is 0 Å². The third kappa shape index (κ3) is 6.02. The molecule has 0 bridgehead atoms. The van der Waals surface area contributed by atoms with Gasteiger partial charge in [-0.3, -0.25) is 24.1 Å². The maximum Gasteiger partial charge on any atom is 0.303 e. The minimum Gasteiger partial charge on any atom is -0.481 e. The lowest BCUT2D eigenvalue weighted by atomic mass is 10.2. The lowest BCUT2D eigenvalue weighted by molar-refractivity contribution is -0.137. The summed E-state index contributed by atoms with van der Waals surface area (Å²) in [6, 6.07) is 3.69. The molecule has 0 unspecified atom stereocenters. The van der Waals surface area contributed by atoms with E-state index >= 15 is 0 Å². The van der Waals surface area contributed by atoms with Crippen molar-refractivity contribution in [2.45, 2.75) is 25.7 Å². The monoisotopic (exact) mass is 382 g/mol. The van der Waals surface area contributed by atoms with Crippen LogP contribution >= 0.6 is 23.1 Å². The zero-order chi connectivity index (χ0) is 18.2. The summed E-state index contributed by atoms with van der Waals surface area (Å²) in [5.74, 6) is -1.70. The minimum absolute atomic E-state index is 0.112. The predicted octanol–water partition coefficient (Wildman–Crippen LogP) is 2.55. The summed E-state index contributed by atoms with van der Waals surface area (Å²) in [6.07, 6.45) is 3.66. The van der Waals surface area contributed by atoms with Gasteiger partial charge in [-0.25, -0.2) is 0 Å². The van der Waals surface area contributed by atoms with Gasteiger partial charge in [0.2, 0.25) is 5.91 Å². The van der Waals surface area contributed by atoms with Gasteiger partial charge < -0.3 is 10.4 Å². The number of amides is 3. The average molecular weight is 382 g/mol. The van der Waals surface area contributed by atoms with Crippen molar-refractivity contribution in [2.24, 2.45) is 0 Å². The summed E-state index contributed by atoms with van der Waals surface area (Å²) in [7, 11) is 0.